The van der Waals surface area contributed by atoms with Gasteiger partial charge in [0.15, 0.2) is 0 Å². The highest BCUT2D eigenvalue weighted by atomic mass is 79.9. The van der Waals surface area contributed by atoms with Gasteiger partial charge in [0, 0.05) is 11.0 Å². The van der Waals surface area contributed by atoms with E-state index in [9.17, 15) is 5.11 Å². The lowest BCUT2D eigenvalue weighted by Crippen LogP contribution is -2.56. The normalized spacial score (nSPS) is 44.3. The van der Waals surface area contributed by atoms with Crippen molar-refractivity contribution in [3.8, 4) is 5.75 Å². The first-order valence-electron chi connectivity index (χ1n) is 8.22. The molecular formula is C19H25BrO. The first-order valence-corrected chi connectivity index (χ1v) is 9.02. The summed E-state index contributed by atoms with van der Waals surface area (Å²) in [7, 11) is 0. The van der Waals surface area contributed by atoms with E-state index in [1.54, 1.807) is 0 Å². The quantitative estimate of drug-likeness (QED) is 0.688. The zero-order valence-corrected chi connectivity index (χ0v) is 14.9. The molecule has 4 saturated carbocycles. The van der Waals surface area contributed by atoms with Gasteiger partial charge < -0.3 is 5.11 Å². The zero-order valence-electron chi connectivity index (χ0n) is 13.3. The standard InChI is InChI=1S/C19H25BrO/c1-12-4-14(16(21)15(20)5-12)19-8-13-6-17(2,10-19)9-18(3,7-13)11-19/h4-5,13,21H,6-11H2,1-3H3/t13-,17+,18-,19-. The first-order chi connectivity index (χ1) is 9.73. The maximum Gasteiger partial charge on any atom is 0.133 e. The van der Waals surface area contributed by atoms with Gasteiger partial charge in [-0.3, -0.25) is 0 Å². The average Bonchev–Trinajstić information content (AvgIpc) is 2.28. The van der Waals surface area contributed by atoms with Crippen LogP contribution in [0.5, 0.6) is 5.75 Å². The molecular weight excluding hydrogens is 324 g/mol. The predicted molar refractivity (Wildman–Crippen MR) is 89.6 cm³/mol. The molecule has 0 spiro atoms. The third kappa shape index (κ3) is 2.01. The van der Waals surface area contributed by atoms with E-state index in [0.29, 0.717) is 16.6 Å². The van der Waals surface area contributed by atoms with Gasteiger partial charge >= 0.3 is 0 Å². The molecule has 0 radical (unpaired) electrons. The van der Waals surface area contributed by atoms with E-state index in [1.165, 1.54) is 49.7 Å². The summed E-state index contributed by atoms with van der Waals surface area (Å²) in [5, 5.41) is 10.7. The van der Waals surface area contributed by atoms with Gasteiger partial charge in [-0.2, -0.15) is 0 Å². The molecule has 0 saturated heterocycles. The summed E-state index contributed by atoms with van der Waals surface area (Å²) >= 11 is 3.55. The fourth-order valence-electron chi connectivity index (χ4n) is 6.89. The van der Waals surface area contributed by atoms with Crippen molar-refractivity contribution in [2.75, 3.05) is 0 Å². The second-order valence-corrected chi connectivity index (χ2v) is 9.91. The average molecular weight is 349 g/mol. The number of phenols is 1. The summed E-state index contributed by atoms with van der Waals surface area (Å²) in [5.41, 5.74) is 3.64. The van der Waals surface area contributed by atoms with E-state index >= 15 is 0 Å². The third-order valence-corrected chi connectivity index (χ3v) is 7.01. The molecule has 5 rings (SSSR count). The monoisotopic (exact) mass is 348 g/mol. The van der Waals surface area contributed by atoms with Gasteiger partial charge in [0.2, 0.25) is 0 Å². The number of aryl methyl sites for hydroxylation is 1. The lowest BCUT2D eigenvalue weighted by Gasteiger charge is -2.65. The molecule has 1 aromatic carbocycles. The van der Waals surface area contributed by atoms with Crippen molar-refractivity contribution in [1.82, 2.24) is 0 Å². The molecule has 1 N–H and O–H groups in total. The van der Waals surface area contributed by atoms with Gasteiger partial charge in [-0.25, -0.2) is 0 Å². The van der Waals surface area contributed by atoms with E-state index in [2.05, 4.69) is 42.8 Å². The smallest absolute Gasteiger partial charge is 0.133 e. The number of phenolic OH excluding ortho intramolecular Hbond substituents is 1. The van der Waals surface area contributed by atoms with Gasteiger partial charge in [0.25, 0.3) is 0 Å². The number of hydrogen-bond donors (Lipinski definition) is 1. The van der Waals surface area contributed by atoms with Crippen molar-refractivity contribution in [3.63, 3.8) is 0 Å². The summed E-state index contributed by atoms with van der Waals surface area (Å²) < 4.78 is 0.864. The number of halogens is 1. The second-order valence-electron chi connectivity index (χ2n) is 9.05. The third-order valence-electron chi connectivity index (χ3n) is 6.41. The van der Waals surface area contributed by atoms with Crippen LogP contribution in [-0.4, -0.2) is 5.11 Å². The Bertz CT molecular complexity index is 602. The zero-order chi connectivity index (χ0) is 15.0. The van der Waals surface area contributed by atoms with Crippen LogP contribution in [0.2, 0.25) is 0 Å². The highest BCUT2D eigenvalue weighted by Gasteiger charge is 2.61. The van der Waals surface area contributed by atoms with Crippen LogP contribution in [0.3, 0.4) is 0 Å². The Morgan fingerprint density at radius 3 is 2.24 bits per heavy atom. The van der Waals surface area contributed by atoms with Crippen LogP contribution in [0.4, 0.5) is 0 Å². The SMILES string of the molecule is Cc1cc(Br)c(O)c([C@@]23C[C@@H]4C[C@@](C)(C[C@@](C)(C4)C2)C3)c1. The molecule has 1 nitrogen and oxygen atoms in total. The van der Waals surface area contributed by atoms with Crippen molar-refractivity contribution >= 4 is 15.9 Å². The summed E-state index contributed by atoms with van der Waals surface area (Å²) in [5.74, 6) is 1.35. The lowest BCUT2D eigenvalue weighted by atomic mass is 9.39. The number of hydrogen-bond acceptors (Lipinski definition) is 1. The molecule has 4 fully saturated rings. The summed E-state index contributed by atoms with van der Waals surface area (Å²) in [6.45, 7) is 7.12. The fraction of sp³-hybridized carbons (Fsp3) is 0.684. The lowest BCUT2D eigenvalue weighted by molar-refractivity contribution is -0.110. The van der Waals surface area contributed by atoms with Crippen LogP contribution >= 0.6 is 15.9 Å². The molecule has 21 heavy (non-hydrogen) atoms. The molecule has 4 bridgehead atoms. The molecule has 0 unspecified atom stereocenters. The Morgan fingerprint density at radius 2 is 1.67 bits per heavy atom. The van der Waals surface area contributed by atoms with E-state index in [4.69, 9.17) is 0 Å². The van der Waals surface area contributed by atoms with Crippen LogP contribution in [0, 0.1) is 23.7 Å². The van der Waals surface area contributed by atoms with Crippen LogP contribution in [0.1, 0.15) is 63.5 Å². The Balaban J connectivity index is 1.88. The highest BCUT2D eigenvalue weighted by Crippen LogP contribution is 2.70. The molecule has 4 aliphatic carbocycles. The highest BCUT2D eigenvalue weighted by molar-refractivity contribution is 9.10. The van der Waals surface area contributed by atoms with Crippen molar-refractivity contribution < 1.29 is 5.11 Å². The van der Waals surface area contributed by atoms with Crippen molar-refractivity contribution in [3.05, 3.63) is 27.7 Å². The van der Waals surface area contributed by atoms with Gasteiger partial charge in [0.1, 0.15) is 5.75 Å². The van der Waals surface area contributed by atoms with E-state index in [-0.39, 0.29) is 5.41 Å². The molecule has 2 heteroatoms. The molecule has 0 amide bonds. The number of benzene rings is 1. The molecule has 0 aliphatic heterocycles. The molecule has 114 valence electrons. The largest absolute Gasteiger partial charge is 0.506 e. The van der Waals surface area contributed by atoms with Gasteiger partial charge in [-0.05, 0) is 89.8 Å². The maximum absolute atomic E-state index is 10.7. The summed E-state index contributed by atoms with van der Waals surface area (Å²) in [6, 6.07) is 4.28. The Kier molecular flexibility index (Phi) is 2.73. The van der Waals surface area contributed by atoms with Crippen LogP contribution in [0.25, 0.3) is 0 Å². The Labute approximate surface area is 136 Å². The minimum Gasteiger partial charge on any atom is -0.506 e. The summed E-state index contributed by atoms with van der Waals surface area (Å²) in [4.78, 5) is 0. The van der Waals surface area contributed by atoms with Crippen molar-refractivity contribution in [2.24, 2.45) is 16.7 Å². The fourth-order valence-corrected chi connectivity index (χ4v) is 7.46. The van der Waals surface area contributed by atoms with E-state index < -0.39 is 0 Å². The van der Waals surface area contributed by atoms with Crippen LogP contribution in [0.15, 0.2) is 16.6 Å². The summed E-state index contributed by atoms with van der Waals surface area (Å²) in [6.07, 6.45) is 7.98. The molecule has 0 aromatic heterocycles. The van der Waals surface area contributed by atoms with Crippen molar-refractivity contribution in [2.45, 2.75) is 64.7 Å². The van der Waals surface area contributed by atoms with Crippen LogP contribution < -0.4 is 0 Å². The van der Waals surface area contributed by atoms with E-state index in [1.807, 2.05) is 6.07 Å². The molecule has 4 aliphatic rings. The minimum atomic E-state index is 0.210. The van der Waals surface area contributed by atoms with Gasteiger partial charge in [-0.15, -0.1) is 0 Å². The van der Waals surface area contributed by atoms with Gasteiger partial charge in [0.05, 0.1) is 4.47 Å². The number of aromatic hydroxyl groups is 1. The van der Waals surface area contributed by atoms with Gasteiger partial charge in [-0.1, -0.05) is 19.9 Å². The van der Waals surface area contributed by atoms with E-state index in [0.717, 1.165) is 10.4 Å². The number of rotatable bonds is 1. The maximum atomic E-state index is 10.7. The van der Waals surface area contributed by atoms with Crippen LogP contribution in [-0.2, 0) is 5.41 Å². The second kappa shape index (κ2) is 4.07. The molecule has 4 atom stereocenters. The minimum absolute atomic E-state index is 0.210. The van der Waals surface area contributed by atoms with Crippen molar-refractivity contribution in [1.29, 1.82) is 0 Å². The Hall–Kier alpha value is -0.500. The predicted octanol–water partition coefficient (Wildman–Crippen LogP) is 5.71. The molecule has 1 aromatic rings. The first kappa shape index (κ1) is 14.1. The topological polar surface area (TPSA) is 20.2 Å². The Morgan fingerprint density at radius 1 is 1.05 bits per heavy atom. The molecule has 0 heterocycles.